The van der Waals surface area contributed by atoms with E-state index >= 15 is 0 Å². The minimum Gasteiger partial charge on any atom is -0.458 e. The summed E-state index contributed by atoms with van der Waals surface area (Å²) in [6.07, 6.45) is 12.9. The van der Waals surface area contributed by atoms with E-state index in [2.05, 4.69) is 19.9 Å². The van der Waals surface area contributed by atoms with Gasteiger partial charge in [-0.05, 0) is 81.0 Å². The molecular formula is C22H32O3. The number of hydrogen-bond acceptors (Lipinski definition) is 3. The molecule has 25 heavy (non-hydrogen) atoms. The fourth-order valence-electron chi connectivity index (χ4n) is 7.94. The molecule has 0 aromatic carbocycles. The van der Waals surface area contributed by atoms with E-state index in [1.165, 1.54) is 31.3 Å². The zero-order chi connectivity index (χ0) is 17.4. The first kappa shape index (κ1) is 16.4. The van der Waals surface area contributed by atoms with Gasteiger partial charge in [-0.25, -0.2) is 0 Å². The second-order valence-corrected chi connectivity index (χ2v) is 10.1. The molecular weight excluding hydrogens is 312 g/mol. The average Bonchev–Trinajstić information content (AvgIpc) is 3.10. The van der Waals surface area contributed by atoms with Crippen molar-refractivity contribution in [1.29, 1.82) is 0 Å². The fourth-order valence-corrected chi connectivity index (χ4v) is 7.94. The molecule has 5 aliphatic rings. The van der Waals surface area contributed by atoms with Crippen LogP contribution in [0.4, 0.5) is 0 Å². The summed E-state index contributed by atoms with van der Waals surface area (Å²) in [5.74, 6) is 2.22. The molecule has 1 N–H and O–H groups in total. The Morgan fingerprint density at radius 1 is 1.08 bits per heavy atom. The smallest absolute Gasteiger partial charge is 0.306 e. The SMILES string of the molecule is C[C@]12CCC(O)CC1=CCC1C2CC[C@@]2(C)C1CC[C@@]21CCC(=O)O1. The summed E-state index contributed by atoms with van der Waals surface area (Å²) >= 11 is 0. The van der Waals surface area contributed by atoms with Gasteiger partial charge in [0, 0.05) is 11.8 Å². The monoisotopic (exact) mass is 344 g/mol. The summed E-state index contributed by atoms with van der Waals surface area (Å²) in [5, 5.41) is 10.1. The van der Waals surface area contributed by atoms with E-state index in [9.17, 15) is 9.90 Å². The summed E-state index contributed by atoms with van der Waals surface area (Å²) in [4.78, 5) is 11.9. The highest BCUT2D eigenvalue weighted by atomic mass is 16.6. The van der Waals surface area contributed by atoms with E-state index in [-0.39, 0.29) is 23.1 Å². The van der Waals surface area contributed by atoms with Gasteiger partial charge in [0.25, 0.3) is 0 Å². The number of carbonyl (C=O) groups is 1. The lowest BCUT2D eigenvalue weighted by Gasteiger charge is -2.59. The molecule has 4 aliphatic carbocycles. The first-order chi connectivity index (χ1) is 11.9. The molecule has 3 heteroatoms. The van der Waals surface area contributed by atoms with Crippen LogP contribution >= 0.6 is 0 Å². The zero-order valence-electron chi connectivity index (χ0n) is 15.7. The van der Waals surface area contributed by atoms with E-state index in [0.29, 0.717) is 17.8 Å². The molecule has 138 valence electrons. The molecule has 5 rings (SSSR count). The van der Waals surface area contributed by atoms with Crippen LogP contribution in [-0.2, 0) is 9.53 Å². The van der Waals surface area contributed by atoms with Crippen LogP contribution in [0.3, 0.4) is 0 Å². The number of hydrogen-bond donors (Lipinski definition) is 1. The highest BCUT2D eigenvalue weighted by molar-refractivity contribution is 5.72. The van der Waals surface area contributed by atoms with Gasteiger partial charge in [-0.2, -0.15) is 0 Å². The average molecular weight is 344 g/mol. The lowest BCUT2D eigenvalue weighted by molar-refractivity contribution is -0.167. The van der Waals surface area contributed by atoms with Crippen molar-refractivity contribution < 1.29 is 14.6 Å². The fraction of sp³-hybridized carbons (Fsp3) is 0.864. The molecule has 3 saturated carbocycles. The molecule has 0 radical (unpaired) electrons. The maximum atomic E-state index is 11.9. The number of esters is 1. The molecule has 1 spiro atoms. The van der Waals surface area contributed by atoms with Crippen LogP contribution in [0.5, 0.6) is 0 Å². The first-order valence-electron chi connectivity index (χ1n) is 10.5. The number of aliphatic hydroxyl groups excluding tert-OH is 1. The van der Waals surface area contributed by atoms with Gasteiger partial charge in [0.15, 0.2) is 0 Å². The van der Waals surface area contributed by atoms with Crippen molar-refractivity contribution in [1.82, 2.24) is 0 Å². The molecule has 0 aromatic heterocycles. The number of allylic oxidation sites excluding steroid dienone is 1. The summed E-state index contributed by atoms with van der Waals surface area (Å²) in [6.45, 7) is 4.91. The third kappa shape index (κ3) is 1.99. The lowest BCUT2D eigenvalue weighted by Crippen LogP contribution is -2.54. The topological polar surface area (TPSA) is 46.5 Å². The van der Waals surface area contributed by atoms with Gasteiger partial charge in [-0.3, -0.25) is 4.79 Å². The van der Waals surface area contributed by atoms with Crippen LogP contribution in [0.15, 0.2) is 11.6 Å². The van der Waals surface area contributed by atoms with Crippen LogP contribution < -0.4 is 0 Å². The maximum Gasteiger partial charge on any atom is 0.306 e. The van der Waals surface area contributed by atoms with Crippen LogP contribution in [0.1, 0.15) is 78.1 Å². The first-order valence-corrected chi connectivity index (χ1v) is 10.5. The lowest BCUT2D eigenvalue weighted by atomic mass is 9.47. The largest absolute Gasteiger partial charge is 0.458 e. The molecule has 1 heterocycles. The predicted molar refractivity (Wildman–Crippen MR) is 95.8 cm³/mol. The summed E-state index contributed by atoms with van der Waals surface area (Å²) in [7, 11) is 0. The Morgan fingerprint density at radius 3 is 2.64 bits per heavy atom. The normalized spacial score (nSPS) is 54.5. The zero-order valence-corrected chi connectivity index (χ0v) is 15.7. The Hall–Kier alpha value is -0.830. The Morgan fingerprint density at radius 2 is 1.88 bits per heavy atom. The molecule has 0 amide bonds. The Labute approximate surface area is 151 Å². The van der Waals surface area contributed by atoms with Gasteiger partial charge in [0.2, 0.25) is 0 Å². The van der Waals surface area contributed by atoms with E-state index in [0.717, 1.165) is 43.9 Å². The van der Waals surface area contributed by atoms with Crippen LogP contribution in [0, 0.1) is 28.6 Å². The minimum atomic E-state index is -0.159. The van der Waals surface area contributed by atoms with Crippen molar-refractivity contribution in [2.75, 3.05) is 0 Å². The van der Waals surface area contributed by atoms with Gasteiger partial charge in [0.1, 0.15) is 5.60 Å². The molecule has 4 fully saturated rings. The second-order valence-electron chi connectivity index (χ2n) is 10.1. The van der Waals surface area contributed by atoms with Crippen molar-refractivity contribution in [2.45, 2.75) is 89.8 Å². The van der Waals surface area contributed by atoms with Crippen LogP contribution in [0.25, 0.3) is 0 Å². The van der Waals surface area contributed by atoms with Crippen LogP contribution in [-0.4, -0.2) is 22.8 Å². The van der Waals surface area contributed by atoms with Crippen LogP contribution in [0.2, 0.25) is 0 Å². The number of aliphatic hydroxyl groups is 1. The standard InChI is InChI=1S/C22H32O3/c1-20-9-5-15(23)13-14(20)3-4-16-17(20)6-10-21(2)18(16)7-11-22(21)12-8-19(24)25-22/h3,15-18,23H,4-13H2,1-2H3/t15?,16?,17?,18?,20-,21-,22+/m0/s1. The Bertz CT molecular complexity index is 639. The van der Waals surface area contributed by atoms with Crippen molar-refractivity contribution in [3.63, 3.8) is 0 Å². The Balaban J connectivity index is 1.49. The summed E-state index contributed by atoms with van der Waals surface area (Å²) < 4.78 is 6.02. The van der Waals surface area contributed by atoms with Crippen molar-refractivity contribution in [2.24, 2.45) is 28.6 Å². The maximum absolute atomic E-state index is 11.9. The van der Waals surface area contributed by atoms with Gasteiger partial charge in [0.05, 0.1) is 6.10 Å². The van der Waals surface area contributed by atoms with Gasteiger partial charge in [-0.15, -0.1) is 0 Å². The number of rotatable bonds is 0. The van der Waals surface area contributed by atoms with E-state index in [4.69, 9.17) is 4.74 Å². The Kier molecular flexibility index (Phi) is 3.35. The van der Waals surface area contributed by atoms with Gasteiger partial charge in [-0.1, -0.05) is 25.5 Å². The molecule has 1 aliphatic heterocycles. The molecule has 1 saturated heterocycles. The van der Waals surface area contributed by atoms with Crippen molar-refractivity contribution >= 4 is 5.97 Å². The minimum absolute atomic E-state index is 0.0306. The van der Waals surface area contributed by atoms with Gasteiger partial charge >= 0.3 is 5.97 Å². The molecule has 3 nitrogen and oxygen atoms in total. The summed E-state index contributed by atoms with van der Waals surface area (Å²) in [5.41, 5.74) is 1.85. The van der Waals surface area contributed by atoms with Gasteiger partial charge < -0.3 is 9.84 Å². The third-order valence-corrected chi connectivity index (χ3v) is 9.41. The van der Waals surface area contributed by atoms with E-state index < -0.39 is 0 Å². The third-order valence-electron chi connectivity index (χ3n) is 9.41. The summed E-state index contributed by atoms with van der Waals surface area (Å²) in [6, 6.07) is 0. The predicted octanol–water partition coefficient (Wildman–Crippen LogP) is 4.39. The van der Waals surface area contributed by atoms with Crippen molar-refractivity contribution in [3.8, 4) is 0 Å². The number of carbonyl (C=O) groups excluding carboxylic acids is 1. The van der Waals surface area contributed by atoms with Crippen molar-refractivity contribution in [3.05, 3.63) is 11.6 Å². The number of fused-ring (bicyclic) bond motifs is 6. The second kappa shape index (κ2) is 5.12. The highest BCUT2D eigenvalue weighted by Crippen LogP contribution is 2.69. The van der Waals surface area contributed by atoms with E-state index in [1.54, 1.807) is 0 Å². The molecule has 7 atom stereocenters. The molecule has 0 aromatic rings. The number of ether oxygens (including phenoxy) is 1. The molecule has 4 unspecified atom stereocenters. The molecule has 0 bridgehead atoms. The van der Waals surface area contributed by atoms with E-state index in [1.807, 2.05) is 0 Å². The highest BCUT2D eigenvalue weighted by Gasteiger charge is 2.66. The quantitative estimate of drug-likeness (QED) is 0.524.